The second-order valence-electron chi connectivity index (χ2n) is 8.04. The van der Waals surface area contributed by atoms with Gasteiger partial charge < -0.3 is 15.4 Å². The number of carboxylic acid groups (broad SMARTS) is 1. The predicted molar refractivity (Wildman–Crippen MR) is 91.4 cm³/mol. The molecule has 2 aromatic rings. The van der Waals surface area contributed by atoms with Crippen molar-refractivity contribution in [3.63, 3.8) is 0 Å². The molecule has 23 heavy (non-hydrogen) atoms. The van der Waals surface area contributed by atoms with Crippen molar-refractivity contribution in [3.8, 4) is 0 Å². The van der Waals surface area contributed by atoms with E-state index in [0.29, 0.717) is 17.7 Å². The first-order valence-corrected chi connectivity index (χ1v) is 8.52. The number of nitrogens with one attached hydrogen (secondary N) is 2. The number of aromatic nitrogens is 1. The minimum absolute atomic E-state index is 0.0500. The van der Waals surface area contributed by atoms with Crippen LogP contribution in [0.3, 0.4) is 0 Å². The first kappa shape index (κ1) is 14.8. The highest BCUT2D eigenvalue weighted by Crippen LogP contribution is 2.44. The third-order valence-corrected chi connectivity index (χ3v) is 5.52. The van der Waals surface area contributed by atoms with E-state index in [9.17, 15) is 9.90 Å². The fourth-order valence-corrected chi connectivity index (χ4v) is 4.31. The number of fused-ring (bicyclic) bond motifs is 2. The van der Waals surface area contributed by atoms with E-state index in [0.717, 1.165) is 24.0 Å². The van der Waals surface area contributed by atoms with Crippen LogP contribution in [-0.2, 0) is 11.8 Å². The fraction of sp³-hybridized carbons (Fsp3) is 0.526. The Morgan fingerprint density at radius 3 is 2.78 bits per heavy atom. The number of aromatic amines is 1. The number of aromatic carboxylic acids is 1. The maximum atomic E-state index is 11.7. The Morgan fingerprint density at radius 2 is 2.09 bits per heavy atom. The van der Waals surface area contributed by atoms with Gasteiger partial charge in [-0.2, -0.15) is 0 Å². The second kappa shape index (κ2) is 4.84. The van der Waals surface area contributed by atoms with E-state index >= 15 is 0 Å². The highest BCUT2D eigenvalue weighted by atomic mass is 16.4. The van der Waals surface area contributed by atoms with Crippen molar-refractivity contribution in [1.82, 2.24) is 10.3 Å². The minimum Gasteiger partial charge on any atom is -0.477 e. The van der Waals surface area contributed by atoms with Crippen LogP contribution in [0.1, 0.15) is 66.7 Å². The van der Waals surface area contributed by atoms with Gasteiger partial charge in [0.15, 0.2) is 0 Å². The van der Waals surface area contributed by atoms with E-state index in [4.69, 9.17) is 0 Å². The van der Waals surface area contributed by atoms with Gasteiger partial charge in [-0.25, -0.2) is 4.79 Å². The fourth-order valence-electron chi connectivity index (χ4n) is 4.31. The van der Waals surface area contributed by atoms with Gasteiger partial charge in [-0.1, -0.05) is 26.8 Å². The second-order valence-corrected chi connectivity index (χ2v) is 8.04. The van der Waals surface area contributed by atoms with Crippen molar-refractivity contribution in [2.45, 2.75) is 57.4 Å². The predicted octanol–water partition coefficient (Wildman–Crippen LogP) is 3.56. The molecule has 4 heteroatoms. The number of rotatable bonds is 1. The molecule has 2 atom stereocenters. The smallest absolute Gasteiger partial charge is 0.352 e. The Kier molecular flexibility index (Phi) is 3.11. The van der Waals surface area contributed by atoms with Gasteiger partial charge in [0.25, 0.3) is 0 Å². The monoisotopic (exact) mass is 312 g/mol. The summed E-state index contributed by atoms with van der Waals surface area (Å²) in [7, 11) is 0. The van der Waals surface area contributed by atoms with Crippen molar-refractivity contribution in [2.75, 3.05) is 6.54 Å². The van der Waals surface area contributed by atoms with Gasteiger partial charge in [0, 0.05) is 22.9 Å². The maximum Gasteiger partial charge on any atom is 0.352 e. The van der Waals surface area contributed by atoms with E-state index in [1.54, 1.807) is 0 Å². The summed E-state index contributed by atoms with van der Waals surface area (Å²) in [5.41, 5.74) is 5.01. The lowest BCUT2D eigenvalue weighted by Crippen LogP contribution is -2.43. The topological polar surface area (TPSA) is 65.1 Å². The van der Waals surface area contributed by atoms with Crippen molar-refractivity contribution < 1.29 is 9.90 Å². The molecular formula is C19H24N2O2. The number of hydrogen-bond acceptors (Lipinski definition) is 2. The van der Waals surface area contributed by atoms with Crippen LogP contribution in [0.2, 0.25) is 0 Å². The zero-order valence-corrected chi connectivity index (χ0v) is 14.0. The van der Waals surface area contributed by atoms with Crippen LogP contribution in [0, 0.1) is 0 Å². The molecule has 0 unspecified atom stereocenters. The number of carbonyl (C=O) groups is 1. The minimum atomic E-state index is -0.853. The molecule has 4 rings (SSSR count). The zero-order chi connectivity index (χ0) is 16.4. The summed E-state index contributed by atoms with van der Waals surface area (Å²) < 4.78 is 0. The zero-order valence-electron chi connectivity index (χ0n) is 14.0. The van der Waals surface area contributed by atoms with Crippen molar-refractivity contribution >= 4 is 16.9 Å². The molecule has 4 nitrogen and oxygen atoms in total. The summed E-state index contributed by atoms with van der Waals surface area (Å²) >= 11 is 0. The molecule has 1 fully saturated rings. The molecule has 1 aromatic carbocycles. The Hall–Kier alpha value is -1.81. The third-order valence-electron chi connectivity index (χ3n) is 5.52. The Balaban J connectivity index is 2.02. The maximum absolute atomic E-state index is 11.7. The number of H-pyrrole nitrogens is 1. The molecule has 1 saturated heterocycles. The normalized spacial score (nSPS) is 23.8. The van der Waals surface area contributed by atoms with E-state index in [1.807, 2.05) is 0 Å². The SMILES string of the molecule is CC(C)(C)c1cc2c3c(c(C(=O)O)[nH]c3c1)C[C@H]1NCCC[C@H]21. The molecule has 122 valence electrons. The molecule has 0 bridgehead atoms. The van der Waals surface area contributed by atoms with Crippen LogP contribution in [0.25, 0.3) is 10.9 Å². The number of piperidine rings is 1. The lowest BCUT2D eigenvalue weighted by atomic mass is 9.73. The van der Waals surface area contributed by atoms with E-state index in [2.05, 4.69) is 43.2 Å². The molecule has 1 aromatic heterocycles. The highest BCUT2D eigenvalue weighted by Gasteiger charge is 2.36. The molecule has 3 N–H and O–H groups in total. The van der Waals surface area contributed by atoms with E-state index < -0.39 is 5.97 Å². The molecule has 1 aliphatic carbocycles. The molecule has 2 heterocycles. The van der Waals surface area contributed by atoms with Crippen LogP contribution in [0.4, 0.5) is 0 Å². The van der Waals surface area contributed by atoms with Crippen LogP contribution in [0.15, 0.2) is 12.1 Å². The van der Waals surface area contributed by atoms with Gasteiger partial charge in [0.2, 0.25) is 0 Å². The Bertz CT molecular complexity index is 798. The molecule has 0 spiro atoms. The average molecular weight is 312 g/mol. The van der Waals surface area contributed by atoms with Crippen LogP contribution in [-0.4, -0.2) is 28.6 Å². The van der Waals surface area contributed by atoms with Gasteiger partial charge in [0.1, 0.15) is 5.69 Å². The first-order chi connectivity index (χ1) is 10.9. The molecule has 2 aliphatic rings. The third kappa shape index (κ3) is 2.19. The lowest BCUT2D eigenvalue weighted by Gasteiger charge is -2.37. The van der Waals surface area contributed by atoms with Gasteiger partial charge in [-0.15, -0.1) is 0 Å². The Morgan fingerprint density at radius 1 is 1.30 bits per heavy atom. The van der Waals surface area contributed by atoms with E-state index in [-0.39, 0.29) is 5.41 Å². The van der Waals surface area contributed by atoms with Gasteiger partial charge >= 0.3 is 5.97 Å². The first-order valence-electron chi connectivity index (χ1n) is 8.52. The quantitative estimate of drug-likeness (QED) is 0.754. The van der Waals surface area contributed by atoms with Crippen molar-refractivity contribution in [2.24, 2.45) is 0 Å². The molecule has 1 aliphatic heterocycles. The highest BCUT2D eigenvalue weighted by molar-refractivity contribution is 6.00. The number of benzene rings is 1. The molecule has 0 amide bonds. The number of carboxylic acids is 1. The summed E-state index contributed by atoms with van der Waals surface area (Å²) in [6, 6.07) is 4.84. The van der Waals surface area contributed by atoms with Crippen molar-refractivity contribution in [1.29, 1.82) is 0 Å². The van der Waals surface area contributed by atoms with Crippen LogP contribution in [0.5, 0.6) is 0 Å². The van der Waals surface area contributed by atoms with E-state index in [1.165, 1.54) is 29.4 Å². The Labute approximate surface area is 136 Å². The summed E-state index contributed by atoms with van der Waals surface area (Å²) in [5.74, 6) is -0.354. The van der Waals surface area contributed by atoms with Gasteiger partial charge in [-0.3, -0.25) is 0 Å². The lowest BCUT2D eigenvalue weighted by molar-refractivity contribution is 0.0690. The largest absolute Gasteiger partial charge is 0.477 e. The van der Waals surface area contributed by atoms with Gasteiger partial charge in [-0.05, 0) is 54.0 Å². The molecule has 0 radical (unpaired) electrons. The number of hydrogen-bond donors (Lipinski definition) is 3. The van der Waals surface area contributed by atoms with Crippen LogP contribution >= 0.6 is 0 Å². The summed E-state index contributed by atoms with van der Waals surface area (Å²) in [6.07, 6.45) is 3.19. The standard InChI is InChI=1S/C19H24N2O2/c1-19(2,3)10-7-12-11-5-4-6-20-14(11)9-13-16(12)15(8-10)21-17(13)18(22)23/h7-8,11,14,20-21H,4-6,9H2,1-3H3,(H,22,23)/t11-,14-/m1/s1. The van der Waals surface area contributed by atoms with Crippen LogP contribution < -0.4 is 5.32 Å². The average Bonchev–Trinajstić information content (AvgIpc) is 2.86. The summed E-state index contributed by atoms with van der Waals surface area (Å²) in [6.45, 7) is 7.66. The summed E-state index contributed by atoms with van der Waals surface area (Å²) in [5, 5.41) is 14.4. The molecule has 0 saturated carbocycles. The summed E-state index contributed by atoms with van der Waals surface area (Å²) in [4.78, 5) is 14.9. The van der Waals surface area contributed by atoms with Gasteiger partial charge in [0.05, 0.1) is 0 Å². The van der Waals surface area contributed by atoms with Crippen molar-refractivity contribution in [3.05, 3.63) is 34.5 Å². The molecular weight excluding hydrogens is 288 g/mol.